The molecular formula is C23H32O3. The molecule has 0 bridgehead atoms. The largest absolute Gasteiger partial charge is 0.362 e. The third-order valence-corrected chi connectivity index (χ3v) is 10.2. The minimum Gasteiger partial charge on any atom is -0.362 e. The van der Waals surface area contributed by atoms with Gasteiger partial charge in [-0.2, -0.15) is 0 Å². The summed E-state index contributed by atoms with van der Waals surface area (Å²) in [5.74, 6) is 0.238. The molecule has 1 spiro atoms. The van der Waals surface area contributed by atoms with Crippen molar-refractivity contribution in [3.63, 3.8) is 0 Å². The third-order valence-electron chi connectivity index (χ3n) is 10.2. The smallest absolute Gasteiger partial charge is 0.171 e. The molecule has 26 heavy (non-hydrogen) atoms. The number of hydrogen-bond donors (Lipinski definition) is 0. The monoisotopic (exact) mass is 356 g/mol. The van der Waals surface area contributed by atoms with Crippen LogP contribution in [0.25, 0.3) is 0 Å². The van der Waals surface area contributed by atoms with E-state index in [1.54, 1.807) is 0 Å². The molecule has 5 fully saturated rings. The van der Waals surface area contributed by atoms with Crippen LogP contribution in [0.1, 0.15) is 65.7 Å². The molecule has 2 saturated heterocycles. The highest BCUT2D eigenvalue weighted by atomic mass is 16.7. The van der Waals surface area contributed by atoms with Crippen molar-refractivity contribution in [2.75, 3.05) is 13.2 Å². The van der Waals surface area contributed by atoms with E-state index < -0.39 is 0 Å². The van der Waals surface area contributed by atoms with Gasteiger partial charge in [0.25, 0.3) is 0 Å². The van der Waals surface area contributed by atoms with Gasteiger partial charge >= 0.3 is 0 Å². The van der Waals surface area contributed by atoms with E-state index in [9.17, 15) is 0 Å². The van der Waals surface area contributed by atoms with Gasteiger partial charge < -0.3 is 14.2 Å². The summed E-state index contributed by atoms with van der Waals surface area (Å²) in [7, 11) is 0. The minimum absolute atomic E-state index is 0.00306. The molecule has 4 aliphatic carbocycles. The zero-order valence-corrected chi connectivity index (χ0v) is 16.5. The van der Waals surface area contributed by atoms with Crippen molar-refractivity contribution >= 4 is 0 Å². The molecular weight excluding hydrogens is 324 g/mol. The zero-order chi connectivity index (χ0) is 18.1. The van der Waals surface area contributed by atoms with Gasteiger partial charge in [0.05, 0.1) is 13.2 Å². The average molecular weight is 357 g/mol. The van der Waals surface area contributed by atoms with E-state index in [4.69, 9.17) is 14.2 Å². The lowest BCUT2D eigenvalue weighted by molar-refractivity contribution is -0.206. The van der Waals surface area contributed by atoms with Crippen molar-refractivity contribution in [2.45, 2.75) is 82.7 Å². The molecule has 3 nitrogen and oxygen atoms in total. The Morgan fingerprint density at radius 2 is 1.73 bits per heavy atom. The summed E-state index contributed by atoms with van der Waals surface area (Å²) >= 11 is 0. The van der Waals surface area contributed by atoms with Crippen LogP contribution in [-0.2, 0) is 14.2 Å². The Balaban J connectivity index is 1.41. The molecule has 1 unspecified atom stereocenters. The number of epoxide rings is 1. The highest BCUT2D eigenvalue weighted by Crippen LogP contribution is 2.82. The van der Waals surface area contributed by atoms with Crippen LogP contribution >= 0.6 is 0 Å². The van der Waals surface area contributed by atoms with Crippen LogP contribution < -0.4 is 0 Å². The maximum atomic E-state index is 6.84. The molecule has 0 aromatic heterocycles. The predicted molar refractivity (Wildman–Crippen MR) is 99.6 cm³/mol. The first-order valence-corrected chi connectivity index (χ1v) is 10.6. The molecule has 3 saturated carbocycles. The van der Waals surface area contributed by atoms with Crippen LogP contribution in [0, 0.1) is 22.2 Å². The third kappa shape index (κ3) is 1.46. The Hall–Kier alpha value is -0.640. The highest BCUT2D eigenvalue weighted by molar-refractivity contribution is 5.41. The van der Waals surface area contributed by atoms with Crippen LogP contribution in [0.4, 0.5) is 0 Å². The normalized spacial score (nSPS) is 58.9. The van der Waals surface area contributed by atoms with Gasteiger partial charge in [0.2, 0.25) is 0 Å². The Morgan fingerprint density at radius 1 is 0.962 bits per heavy atom. The quantitative estimate of drug-likeness (QED) is 0.586. The number of rotatable bonds is 0. The van der Waals surface area contributed by atoms with Crippen molar-refractivity contribution in [3.05, 3.63) is 24.3 Å². The summed E-state index contributed by atoms with van der Waals surface area (Å²) in [4.78, 5) is 0. The molecule has 3 heteroatoms. The maximum Gasteiger partial charge on any atom is 0.171 e. The summed E-state index contributed by atoms with van der Waals surface area (Å²) in [6.07, 6.45) is 12.7. The summed E-state index contributed by atoms with van der Waals surface area (Å²) < 4.78 is 19.0. The summed E-state index contributed by atoms with van der Waals surface area (Å²) in [6, 6.07) is 0. The molecule has 0 aromatic rings. The molecule has 0 aromatic carbocycles. The van der Waals surface area contributed by atoms with Crippen LogP contribution in [0.3, 0.4) is 0 Å². The zero-order valence-electron chi connectivity index (χ0n) is 16.5. The fraction of sp³-hybridized carbons (Fsp3) is 0.826. The molecule has 6 aliphatic rings. The molecule has 6 atom stereocenters. The van der Waals surface area contributed by atoms with Crippen molar-refractivity contribution in [3.8, 4) is 0 Å². The minimum atomic E-state index is -0.352. The average Bonchev–Trinajstić information content (AvgIpc) is 2.92. The Labute approximate surface area is 157 Å². The van der Waals surface area contributed by atoms with Gasteiger partial charge in [-0.25, -0.2) is 0 Å². The molecule has 0 radical (unpaired) electrons. The van der Waals surface area contributed by atoms with Crippen molar-refractivity contribution < 1.29 is 14.2 Å². The van der Waals surface area contributed by atoms with Crippen LogP contribution in [-0.4, -0.2) is 30.2 Å². The van der Waals surface area contributed by atoms with E-state index in [0.29, 0.717) is 5.92 Å². The number of fused-ring (bicyclic) bond motifs is 3. The van der Waals surface area contributed by atoms with Gasteiger partial charge in [-0.1, -0.05) is 39.5 Å². The summed E-state index contributed by atoms with van der Waals surface area (Å²) in [5.41, 5.74) is 2.11. The Kier molecular flexibility index (Phi) is 2.72. The van der Waals surface area contributed by atoms with Gasteiger partial charge in [-0.15, -0.1) is 0 Å². The van der Waals surface area contributed by atoms with Crippen molar-refractivity contribution in [1.29, 1.82) is 0 Å². The molecule has 2 aliphatic heterocycles. The molecule has 2 heterocycles. The number of hydrogen-bond acceptors (Lipinski definition) is 3. The van der Waals surface area contributed by atoms with E-state index in [-0.39, 0.29) is 33.2 Å². The number of allylic oxidation sites excluding steroid dienone is 3. The summed E-state index contributed by atoms with van der Waals surface area (Å²) in [6.45, 7) is 13.5. The van der Waals surface area contributed by atoms with Crippen molar-refractivity contribution in [1.82, 2.24) is 0 Å². The maximum absolute atomic E-state index is 6.84. The first kappa shape index (κ1) is 16.3. The Morgan fingerprint density at radius 3 is 2.50 bits per heavy atom. The van der Waals surface area contributed by atoms with Crippen molar-refractivity contribution in [2.24, 2.45) is 22.2 Å². The van der Waals surface area contributed by atoms with Crippen LogP contribution in [0.2, 0.25) is 0 Å². The molecule has 0 amide bonds. The molecule has 0 N–H and O–H groups in total. The lowest BCUT2D eigenvalue weighted by Gasteiger charge is -2.65. The molecule has 6 rings (SSSR count). The predicted octanol–water partition coefficient (Wildman–Crippen LogP) is 4.77. The van der Waals surface area contributed by atoms with Crippen LogP contribution in [0.15, 0.2) is 24.3 Å². The fourth-order valence-electron chi connectivity index (χ4n) is 8.37. The van der Waals surface area contributed by atoms with E-state index in [2.05, 4.69) is 39.5 Å². The van der Waals surface area contributed by atoms with E-state index in [1.165, 1.54) is 24.8 Å². The fourth-order valence-corrected chi connectivity index (χ4v) is 8.37. The van der Waals surface area contributed by atoms with Gasteiger partial charge in [-0.3, -0.25) is 0 Å². The second-order valence-corrected chi connectivity index (χ2v) is 10.7. The van der Waals surface area contributed by atoms with E-state index >= 15 is 0 Å². The van der Waals surface area contributed by atoms with Gasteiger partial charge in [0.1, 0.15) is 11.2 Å². The standard InChI is InChI=1S/C23H32O3/c1-16-5-6-17-18(16,2)7-9-20(4)19(17,3)8-10-21-15-22(24-13-14-25-22)11-12-23(20,21)26-21/h5-6,17H,1,7-15H2,2-4H3/t17-,18-,19+,20?,21-,23-/m1/s1. The van der Waals surface area contributed by atoms with Crippen LogP contribution in [0.5, 0.6) is 0 Å². The van der Waals surface area contributed by atoms with E-state index in [0.717, 1.165) is 38.9 Å². The Bertz CT molecular complexity index is 736. The van der Waals surface area contributed by atoms with Gasteiger partial charge in [0, 0.05) is 18.3 Å². The van der Waals surface area contributed by atoms with Gasteiger partial charge in [0.15, 0.2) is 5.79 Å². The van der Waals surface area contributed by atoms with Gasteiger partial charge in [-0.05, 0) is 54.4 Å². The SMILES string of the molecule is C=C1C=C[C@H]2[C@]3(C)CC[C@@]45CC6(CC[C@@]4(O5)C3(C)CC[C@]12C)OCCO6. The van der Waals surface area contributed by atoms with E-state index in [1.807, 2.05) is 0 Å². The topological polar surface area (TPSA) is 31.0 Å². The molecule has 142 valence electrons. The first-order valence-electron chi connectivity index (χ1n) is 10.6. The lowest BCUT2D eigenvalue weighted by atomic mass is 9.37. The highest BCUT2D eigenvalue weighted by Gasteiger charge is 2.86. The second-order valence-electron chi connectivity index (χ2n) is 10.7. The number of ether oxygens (including phenoxy) is 3. The first-order chi connectivity index (χ1) is 12.3. The second kappa shape index (κ2) is 4.34. The summed E-state index contributed by atoms with van der Waals surface area (Å²) in [5, 5.41) is 0. The lowest BCUT2D eigenvalue weighted by Crippen LogP contribution is -2.65.